The predicted molar refractivity (Wildman–Crippen MR) is 150 cm³/mol. The van der Waals surface area contributed by atoms with E-state index >= 15 is 0 Å². The molecular weight excluding hydrogens is 593 g/mol. The number of rotatable bonds is 10. The number of carbonyl (C=O) groups excluding carboxylic acids is 1. The minimum absolute atomic E-state index is 0.0850. The smallest absolute Gasteiger partial charge is 0.408 e. The summed E-state index contributed by atoms with van der Waals surface area (Å²) in [5, 5.41) is 13.9. The Bertz CT molecular complexity index is 1650. The third kappa shape index (κ3) is 6.39. The first-order valence-electron chi connectivity index (χ1n) is 13.5. The van der Waals surface area contributed by atoms with Gasteiger partial charge in [0.25, 0.3) is 11.5 Å². The van der Waals surface area contributed by atoms with Gasteiger partial charge in [0.15, 0.2) is 0 Å². The molecule has 0 spiro atoms. The summed E-state index contributed by atoms with van der Waals surface area (Å²) in [4.78, 5) is 38.1. The minimum atomic E-state index is -4.68. The van der Waals surface area contributed by atoms with Crippen LogP contribution in [0.2, 0.25) is 0 Å². The number of fused-ring (bicyclic) bond motifs is 1. The zero-order valence-corrected chi connectivity index (χ0v) is 24.2. The first-order valence-corrected chi connectivity index (χ1v) is 13.5. The highest BCUT2D eigenvalue weighted by Crippen LogP contribution is 2.37. The Kier molecular flexibility index (Phi) is 9.33. The van der Waals surface area contributed by atoms with Gasteiger partial charge >= 0.3 is 12.1 Å². The molecule has 1 amide bonds. The number of pyridine rings is 1. The number of alkyl halides is 3. The van der Waals surface area contributed by atoms with Crippen molar-refractivity contribution in [1.82, 2.24) is 9.88 Å². The lowest BCUT2D eigenvalue weighted by molar-refractivity contribution is -0.143. The molecule has 2 heterocycles. The number of aromatic nitrogens is 1. The van der Waals surface area contributed by atoms with Crippen LogP contribution in [0, 0.1) is 18.6 Å². The molecule has 0 bridgehead atoms. The van der Waals surface area contributed by atoms with Crippen LogP contribution >= 0.6 is 0 Å². The number of carboxylic acids is 1. The van der Waals surface area contributed by atoms with Crippen molar-refractivity contribution in [1.29, 1.82) is 0 Å². The number of amides is 1. The number of ether oxygens (including phenoxy) is 2. The van der Waals surface area contributed by atoms with Crippen molar-refractivity contribution in [2.45, 2.75) is 58.2 Å². The molecule has 0 saturated heterocycles. The second-order valence-electron chi connectivity index (χ2n) is 10.3. The quantitative estimate of drug-likeness (QED) is 0.276. The Balaban J connectivity index is 1.62. The van der Waals surface area contributed by atoms with Crippen LogP contribution < -0.4 is 20.9 Å². The van der Waals surface area contributed by atoms with Gasteiger partial charge in [-0.1, -0.05) is 19.1 Å². The Hall–Kier alpha value is -4.46. The maximum absolute atomic E-state index is 14.8. The Labute approximate surface area is 248 Å². The maximum Gasteiger partial charge on any atom is 0.408 e. The average Bonchev–Trinajstić information content (AvgIpc) is 3.44. The van der Waals surface area contributed by atoms with Crippen LogP contribution in [0.3, 0.4) is 0 Å². The van der Waals surface area contributed by atoms with Crippen LogP contribution in [0.25, 0.3) is 11.1 Å². The molecule has 1 aromatic heterocycles. The number of aryl methyl sites for hydroxylation is 1. The molecule has 0 saturated carbocycles. The highest BCUT2D eigenvalue weighted by atomic mass is 19.4. The van der Waals surface area contributed by atoms with Gasteiger partial charge in [0.1, 0.15) is 35.0 Å². The van der Waals surface area contributed by atoms with Gasteiger partial charge < -0.3 is 29.8 Å². The van der Waals surface area contributed by atoms with Crippen molar-refractivity contribution in [3.05, 3.63) is 80.3 Å². The molecule has 0 radical (unpaired) electrons. The van der Waals surface area contributed by atoms with Crippen LogP contribution in [0.5, 0.6) is 5.75 Å². The van der Waals surface area contributed by atoms with Gasteiger partial charge in [-0.05, 0) is 47.7 Å². The van der Waals surface area contributed by atoms with Crippen molar-refractivity contribution in [3.8, 4) is 16.9 Å². The lowest BCUT2D eigenvalue weighted by Crippen LogP contribution is -2.43. The van der Waals surface area contributed by atoms with Gasteiger partial charge in [0.05, 0.1) is 25.9 Å². The predicted octanol–water partition coefficient (Wildman–Crippen LogP) is 4.86. The number of benzene rings is 2. The number of nitrogens with one attached hydrogen (secondary N) is 2. The number of hydrogen-bond donors (Lipinski definition) is 3. The van der Waals surface area contributed by atoms with E-state index < -0.39 is 59.4 Å². The number of nitrogens with zero attached hydrogens (tertiary/aromatic N) is 1. The average molecular weight is 624 g/mol. The van der Waals surface area contributed by atoms with Gasteiger partial charge in [-0.3, -0.25) is 9.59 Å². The highest BCUT2D eigenvalue weighted by molar-refractivity contribution is 5.97. The Morgan fingerprint density at radius 3 is 2.32 bits per heavy atom. The van der Waals surface area contributed by atoms with E-state index in [1.807, 2.05) is 5.32 Å². The topological polar surface area (TPSA) is 119 Å². The molecule has 236 valence electrons. The van der Waals surface area contributed by atoms with Crippen molar-refractivity contribution in [2.75, 3.05) is 12.4 Å². The lowest BCUT2D eigenvalue weighted by atomic mass is 9.91. The SMILES string of the molecule is CC[C@@H](Nc1cc(F)c(C(=O)N[C@@H](Cc2ccc(-c3c(OC)cc(C)n(C)c3=O)c3c2COC3)C(=O)O)c(F)c1)C(F)(F)F. The number of hydrogen-bond acceptors (Lipinski definition) is 6. The summed E-state index contributed by atoms with van der Waals surface area (Å²) < 4.78 is 81.4. The fraction of sp³-hybridized carbons (Fsp3) is 0.367. The number of aliphatic carboxylic acids is 1. The standard InChI is InChI=1S/C30H30F5N3O6/c1-5-24(30(33,34)35)36-16-10-20(31)26(21(32)11-16)27(39)37-22(29(41)42)9-15-6-7-17(19-13-44-12-18(15)19)25-23(43-4)8-14(2)38(3)28(25)40/h6-8,10-11,22,24,36H,5,9,12-13H2,1-4H3,(H,37,39)(H,41,42)/t22-,24+/m0/s1. The number of methoxy groups -OCH3 is 1. The fourth-order valence-electron chi connectivity index (χ4n) is 5.11. The number of anilines is 1. The largest absolute Gasteiger partial charge is 0.496 e. The first-order chi connectivity index (χ1) is 20.7. The maximum atomic E-state index is 14.8. The second-order valence-corrected chi connectivity index (χ2v) is 10.3. The summed E-state index contributed by atoms with van der Waals surface area (Å²) >= 11 is 0. The van der Waals surface area contributed by atoms with Gasteiger partial charge in [-0.2, -0.15) is 13.2 Å². The molecule has 0 aliphatic carbocycles. The second kappa shape index (κ2) is 12.6. The molecule has 44 heavy (non-hydrogen) atoms. The zero-order valence-electron chi connectivity index (χ0n) is 24.2. The Morgan fingerprint density at radius 2 is 1.75 bits per heavy atom. The molecule has 3 aromatic rings. The van der Waals surface area contributed by atoms with Crippen LogP contribution in [0.15, 0.2) is 35.1 Å². The lowest BCUT2D eigenvalue weighted by Gasteiger charge is -2.22. The van der Waals surface area contributed by atoms with E-state index in [0.717, 1.165) is 0 Å². The van der Waals surface area contributed by atoms with E-state index in [0.29, 0.717) is 51.4 Å². The molecule has 9 nitrogen and oxygen atoms in total. The van der Waals surface area contributed by atoms with E-state index in [1.165, 1.54) is 18.6 Å². The third-order valence-corrected chi connectivity index (χ3v) is 7.59. The van der Waals surface area contributed by atoms with Crippen LogP contribution in [-0.2, 0) is 36.2 Å². The normalized spacial score (nSPS) is 14.1. The molecule has 3 N–H and O–H groups in total. The van der Waals surface area contributed by atoms with Crippen LogP contribution in [0.4, 0.5) is 27.6 Å². The van der Waals surface area contributed by atoms with E-state index in [4.69, 9.17) is 9.47 Å². The van der Waals surface area contributed by atoms with Crippen molar-refractivity contribution >= 4 is 17.6 Å². The fourth-order valence-corrected chi connectivity index (χ4v) is 5.11. The minimum Gasteiger partial charge on any atom is -0.496 e. The summed E-state index contributed by atoms with van der Waals surface area (Å²) in [6.45, 7) is 3.19. The molecule has 0 unspecified atom stereocenters. The number of carboxylic acid groups (broad SMARTS) is 1. The van der Waals surface area contributed by atoms with Gasteiger partial charge in [0.2, 0.25) is 0 Å². The summed E-state index contributed by atoms with van der Waals surface area (Å²) in [5.41, 5.74) is 1.18. The molecule has 14 heteroatoms. The van der Waals surface area contributed by atoms with Gasteiger partial charge in [-0.15, -0.1) is 0 Å². The molecule has 1 aliphatic heterocycles. The molecule has 2 atom stereocenters. The van der Waals surface area contributed by atoms with Crippen LogP contribution in [-0.4, -0.2) is 46.9 Å². The third-order valence-electron chi connectivity index (χ3n) is 7.59. The van der Waals surface area contributed by atoms with E-state index in [2.05, 4.69) is 5.32 Å². The summed E-state index contributed by atoms with van der Waals surface area (Å²) in [7, 11) is 3.05. The molecular formula is C30H30F5N3O6. The summed E-state index contributed by atoms with van der Waals surface area (Å²) in [6, 6.07) is 2.26. The van der Waals surface area contributed by atoms with Gasteiger partial charge in [0, 0.05) is 30.9 Å². The Morgan fingerprint density at radius 1 is 1.11 bits per heavy atom. The van der Waals surface area contributed by atoms with Crippen molar-refractivity contribution < 1.29 is 46.1 Å². The van der Waals surface area contributed by atoms with E-state index in [-0.39, 0.29) is 25.2 Å². The number of halogens is 5. The van der Waals surface area contributed by atoms with Gasteiger partial charge in [-0.25, -0.2) is 13.6 Å². The zero-order chi connectivity index (χ0) is 32.5. The molecule has 4 rings (SSSR count). The van der Waals surface area contributed by atoms with E-state index in [9.17, 15) is 41.4 Å². The summed E-state index contributed by atoms with van der Waals surface area (Å²) in [6.07, 6.45) is -5.40. The molecule has 2 aromatic carbocycles. The van der Waals surface area contributed by atoms with Crippen molar-refractivity contribution in [2.24, 2.45) is 7.05 Å². The van der Waals surface area contributed by atoms with Crippen LogP contribution in [0.1, 0.15) is 46.1 Å². The number of carbonyl (C=O) groups is 2. The molecule has 1 aliphatic rings. The monoisotopic (exact) mass is 623 g/mol. The van der Waals surface area contributed by atoms with E-state index in [1.54, 1.807) is 32.2 Å². The first kappa shape index (κ1) is 32.5. The summed E-state index contributed by atoms with van der Waals surface area (Å²) in [5.74, 6) is -5.51. The molecule has 0 fully saturated rings. The highest BCUT2D eigenvalue weighted by Gasteiger charge is 2.38. The van der Waals surface area contributed by atoms with Crippen molar-refractivity contribution in [3.63, 3.8) is 0 Å².